The molecule has 0 fully saturated rings. The van der Waals surface area contributed by atoms with Crippen molar-refractivity contribution in [2.24, 2.45) is 0 Å². The summed E-state index contributed by atoms with van der Waals surface area (Å²) in [6.45, 7) is 25.6. The zero-order valence-corrected chi connectivity index (χ0v) is 21.5. The highest BCUT2D eigenvalue weighted by Gasteiger charge is 2.42. The van der Waals surface area contributed by atoms with Crippen LogP contribution in [0.4, 0.5) is 5.69 Å². The van der Waals surface area contributed by atoms with Gasteiger partial charge < -0.3 is 13.9 Å². The maximum Gasteiger partial charge on any atom is 0.381 e. The van der Waals surface area contributed by atoms with Crippen molar-refractivity contribution in [3.05, 3.63) is 11.3 Å². The summed E-state index contributed by atoms with van der Waals surface area (Å²) in [5.74, 6) is 0. The summed E-state index contributed by atoms with van der Waals surface area (Å²) < 4.78 is 25.2. The molecule has 0 amide bonds. The molecule has 0 aliphatic carbocycles. The molecule has 0 aliphatic rings. The van der Waals surface area contributed by atoms with Crippen LogP contribution in [0.25, 0.3) is 0 Å². The summed E-state index contributed by atoms with van der Waals surface area (Å²) in [5, 5.41) is 9.11. The van der Waals surface area contributed by atoms with Crippen LogP contribution in [0, 0.1) is 0 Å². The molecule has 0 spiro atoms. The number of aromatic nitrogens is 2. The Labute approximate surface area is 178 Å². The van der Waals surface area contributed by atoms with Crippen LogP contribution in [0.2, 0.25) is 0 Å². The predicted octanol–water partition coefficient (Wildman–Crippen LogP) is 5.59. The van der Waals surface area contributed by atoms with E-state index in [-0.39, 0.29) is 36.1 Å². The predicted molar refractivity (Wildman–Crippen MR) is 123 cm³/mol. The second-order valence-electron chi connectivity index (χ2n) is 10.0. The zero-order valence-electron chi connectivity index (χ0n) is 20.6. The number of rotatable bonds is 8. The van der Waals surface area contributed by atoms with Gasteiger partial charge in [-0.25, -0.2) is 0 Å². The molecule has 0 aliphatic heterocycles. The van der Waals surface area contributed by atoms with Crippen LogP contribution in [-0.2, 0) is 24.4 Å². The minimum Gasteiger partial charge on any atom is -0.365 e. The van der Waals surface area contributed by atoms with E-state index in [0.717, 1.165) is 16.9 Å². The van der Waals surface area contributed by atoms with E-state index in [4.69, 9.17) is 9.05 Å². The molecule has 0 atom stereocenters. The average Bonchev–Trinajstić information content (AvgIpc) is 2.52. The van der Waals surface area contributed by atoms with Crippen LogP contribution < -0.4 is 10.3 Å². The summed E-state index contributed by atoms with van der Waals surface area (Å²) in [4.78, 5) is 2.35. The lowest BCUT2D eigenvalue weighted by Crippen LogP contribution is -2.43. The molecular formula is C22H42N3O3P. The van der Waals surface area contributed by atoms with Gasteiger partial charge in [-0.05, 0) is 47.0 Å². The van der Waals surface area contributed by atoms with Crippen molar-refractivity contribution < 1.29 is 13.6 Å². The molecule has 1 heterocycles. The normalized spacial score (nSPS) is 13.4. The highest BCUT2D eigenvalue weighted by Crippen LogP contribution is 2.51. The highest BCUT2D eigenvalue weighted by molar-refractivity contribution is 7.62. The van der Waals surface area contributed by atoms with Crippen LogP contribution in [-0.4, -0.2) is 35.5 Å². The van der Waals surface area contributed by atoms with Gasteiger partial charge in [-0.3, -0.25) is 4.57 Å². The van der Waals surface area contributed by atoms with Crippen LogP contribution >= 0.6 is 7.60 Å². The van der Waals surface area contributed by atoms with Gasteiger partial charge >= 0.3 is 7.60 Å². The maximum atomic E-state index is 13.8. The number of nitrogens with zero attached hydrogens (tertiary/aromatic N) is 3. The van der Waals surface area contributed by atoms with Crippen molar-refractivity contribution in [3.8, 4) is 0 Å². The first-order valence-electron chi connectivity index (χ1n) is 10.7. The Morgan fingerprint density at radius 1 is 0.862 bits per heavy atom. The van der Waals surface area contributed by atoms with Gasteiger partial charge in [0.15, 0.2) is 5.44 Å². The Morgan fingerprint density at radius 2 is 1.31 bits per heavy atom. The second kappa shape index (κ2) is 9.45. The second-order valence-corrected chi connectivity index (χ2v) is 12.0. The molecule has 0 N–H and O–H groups in total. The third-order valence-corrected chi connectivity index (χ3v) is 6.65. The van der Waals surface area contributed by atoms with Crippen molar-refractivity contribution in [2.75, 3.05) is 18.1 Å². The lowest BCUT2D eigenvalue weighted by atomic mass is 9.81. The van der Waals surface area contributed by atoms with E-state index in [1.54, 1.807) is 0 Å². The van der Waals surface area contributed by atoms with Crippen molar-refractivity contribution in [1.82, 2.24) is 10.2 Å². The third kappa shape index (κ3) is 5.80. The van der Waals surface area contributed by atoms with E-state index >= 15 is 0 Å². The highest BCUT2D eigenvalue weighted by atomic mass is 31.2. The Morgan fingerprint density at radius 3 is 1.62 bits per heavy atom. The number of anilines is 1. The van der Waals surface area contributed by atoms with Crippen LogP contribution in [0.15, 0.2) is 0 Å². The molecule has 1 aromatic heterocycles. The van der Waals surface area contributed by atoms with Gasteiger partial charge in [-0.1, -0.05) is 41.5 Å². The van der Waals surface area contributed by atoms with Crippen molar-refractivity contribution in [2.45, 2.75) is 106 Å². The van der Waals surface area contributed by atoms with E-state index in [2.05, 4.69) is 84.3 Å². The molecule has 0 unspecified atom stereocenters. The SMILES string of the molecule is CCOP(=O)(OCC)c1nnc(C(C)(C)C)c(N(C(C)C)C(C)C)c1C(C)(C)C. The van der Waals surface area contributed by atoms with Gasteiger partial charge in [0.2, 0.25) is 0 Å². The van der Waals surface area contributed by atoms with Crippen molar-refractivity contribution in [3.63, 3.8) is 0 Å². The molecule has 0 radical (unpaired) electrons. The smallest absolute Gasteiger partial charge is 0.365 e. The third-order valence-electron chi connectivity index (χ3n) is 4.62. The minimum atomic E-state index is -3.61. The average molecular weight is 428 g/mol. The fourth-order valence-electron chi connectivity index (χ4n) is 3.67. The Bertz CT molecular complexity index is 716. The maximum absolute atomic E-state index is 13.8. The molecule has 1 aromatic rings. The first kappa shape index (κ1) is 26.1. The van der Waals surface area contributed by atoms with E-state index in [1.807, 2.05) is 13.8 Å². The molecule has 0 aromatic carbocycles. The monoisotopic (exact) mass is 427 g/mol. The molecule has 168 valence electrons. The summed E-state index contributed by atoms with van der Waals surface area (Å²) in [6.07, 6.45) is 0. The summed E-state index contributed by atoms with van der Waals surface area (Å²) in [5.41, 5.74) is 2.55. The molecule has 6 nitrogen and oxygen atoms in total. The van der Waals surface area contributed by atoms with Crippen LogP contribution in [0.3, 0.4) is 0 Å². The lowest BCUT2D eigenvalue weighted by molar-refractivity contribution is 0.228. The molecule has 7 heteroatoms. The lowest BCUT2D eigenvalue weighted by Gasteiger charge is -2.41. The van der Waals surface area contributed by atoms with Gasteiger partial charge in [-0.15, -0.1) is 5.10 Å². The molecule has 0 saturated heterocycles. The standard InChI is InChI=1S/C22H42N3O3P/c1-13-27-29(26,28-14-2)20-17(21(7,8)9)18(25(15(3)4)16(5)6)19(23-24-20)22(10,11)12/h15-16H,13-14H2,1-12H3. The van der Waals surface area contributed by atoms with Crippen LogP contribution in [0.1, 0.15) is 94.3 Å². The minimum absolute atomic E-state index is 0.229. The van der Waals surface area contributed by atoms with E-state index < -0.39 is 7.60 Å². The Kier molecular flexibility index (Phi) is 8.49. The van der Waals surface area contributed by atoms with E-state index in [0.29, 0.717) is 5.44 Å². The van der Waals surface area contributed by atoms with Gasteiger partial charge in [0.25, 0.3) is 0 Å². The first-order valence-corrected chi connectivity index (χ1v) is 12.3. The van der Waals surface area contributed by atoms with Crippen molar-refractivity contribution in [1.29, 1.82) is 0 Å². The molecule has 29 heavy (non-hydrogen) atoms. The fourth-order valence-corrected chi connectivity index (χ4v) is 5.54. The van der Waals surface area contributed by atoms with Gasteiger partial charge in [0.05, 0.1) is 24.6 Å². The van der Waals surface area contributed by atoms with E-state index in [9.17, 15) is 4.57 Å². The fraction of sp³-hybridized carbons (Fsp3) is 0.818. The van der Waals surface area contributed by atoms with E-state index in [1.165, 1.54) is 0 Å². The summed E-state index contributed by atoms with van der Waals surface area (Å²) >= 11 is 0. The van der Waals surface area contributed by atoms with Gasteiger partial charge in [-0.2, -0.15) is 5.10 Å². The van der Waals surface area contributed by atoms with Gasteiger partial charge in [0.1, 0.15) is 0 Å². The first-order chi connectivity index (χ1) is 13.1. The molecule has 0 saturated carbocycles. The quantitative estimate of drug-likeness (QED) is 0.504. The van der Waals surface area contributed by atoms with Gasteiger partial charge in [0, 0.05) is 23.1 Å². The van der Waals surface area contributed by atoms with Crippen LogP contribution in [0.5, 0.6) is 0 Å². The largest absolute Gasteiger partial charge is 0.381 e. The number of hydrogen-bond acceptors (Lipinski definition) is 6. The topological polar surface area (TPSA) is 64.5 Å². The summed E-state index contributed by atoms with van der Waals surface area (Å²) in [7, 11) is -3.61. The summed E-state index contributed by atoms with van der Waals surface area (Å²) in [6, 6.07) is 0.459. The Hall–Kier alpha value is -0.970. The van der Waals surface area contributed by atoms with Crippen molar-refractivity contribution >= 4 is 18.7 Å². The molecule has 1 rings (SSSR count). The zero-order chi connectivity index (χ0) is 22.8. The molecule has 0 bridgehead atoms. The Balaban J connectivity index is 4.17. The number of hydrogen-bond donors (Lipinski definition) is 0. The molecular weight excluding hydrogens is 385 g/mol.